The Morgan fingerprint density at radius 2 is 1.95 bits per heavy atom. The maximum absolute atomic E-state index is 14.2. The van der Waals surface area contributed by atoms with E-state index in [2.05, 4.69) is 5.32 Å². The Kier molecular flexibility index (Phi) is 10.5. The van der Waals surface area contributed by atoms with Crippen molar-refractivity contribution in [2.75, 3.05) is 26.4 Å². The summed E-state index contributed by atoms with van der Waals surface area (Å²) in [7, 11) is 0. The molecule has 0 aromatic heterocycles. The van der Waals surface area contributed by atoms with Gasteiger partial charge in [-0.05, 0) is 68.1 Å². The Morgan fingerprint density at radius 1 is 1.20 bits per heavy atom. The first-order valence-electron chi connectivity index (χ1n) is 12.7. The molecule has 3 saturated heterocycles. The first kappa shape index (κ1) is 32.1. The Balaban J connectivity index is 0.000000423. The van der Waals surface area contributed by atoms with E-state index < -0.39 is 48.1 Å². The van der Waals surface area contributed by atoms with Crippen molar-refractivity contribution >= 4 is 17.6 Å². The van der Waals surface area contributed by atoms with Gasteiger partial charge in [0.05, 0.1) is 19.8 Å². The highest BCUT2D eigenvalue weighted by atomic mass is 35.5. The fourth-order valence-corrected chi connectivity index (χ4v) is 5.23. The molecule has 0 aliphatic carbocycles. The van der Waals surface area contributed by atoms with Crippen LogP contribution in [0.4, 0.5) is 4.39 Å². The van der Waals surface area contributed by atoms with Crippen LogP contribution in [0.5, 0.6) is 5.75 Å². The summed E-state index contributed by atoms with van der Waals surface area (Å²) >= 11 is 6.36. The predicted octanol–water partition coefficient (Wildman–Crippen LogP) is 0.494. The van der Waals surface area contributed by atoms with Crippen LogP contribution in [0.15, 0.2) is 36.4 Å². The van der Waals surface area contributed by atoms with Crippen LogP contribution < -0.4 is 10.1 Å². The van der Waals surface area contributed by atoms with Crippen LogP contribution in [0.3, 0.4) is 0 Å². The zero-order chi connectivity index (χ0) is 28.4. The molecule has 3 aliphatic rings. The quantitative estimate of drug-likeness (QED) is 0.266. The predicted molar refractivity (Wildman–Crippen MR) is 141 cm³/mol. The number of aliphatic carboxylic acids is 1. The summed E-state index contributed by atoms with van der Waals surface area (Å²) in [5.41, 5.74) is 0.0530. The summed E-state index contributed by atoms with van der Waals surface area (Å²) in [6.45, 7) is 2.15. The van der Waals surface area contributed by atoms with E-state index in [1.54, 1.807) is 37.3 Å². The van der Waals surface area contributed by atoms with Crippen molar-refractivity contribution in [2.24, 2.45) is 0 Å². The zero-order valence-electron chi connectivity index (χ0n) is 21.8. The molecule has 0 amide bonds. The topological polar surface area (TPSA) is 189 Å². The lowest BCUT2D eigenvalue weighted by molar-refractivity contribution is -0.329. The van der Waals surface area contributed by atoms with Crippen molar-refractivity contribution in [1.29, 1.82) is 0 Å². The van der Waals surface area contributed by atoms with E-state index in [9.17, 15) is 29.6 Å². The lowest BCUT2D eigenvalue weighted by Crippen LogP contribution is -2.65. The van der Waals surface area contributed by atoms with Crippen LogP contribution in [-0.2, 0) is 26.5 Å². The number of carbonyl (C=O) groups is 1. The number of hydrogen-bond donors (Lipinski definition) is 6. The highest BCUT2D eigenvalue weighted by molar-refractivity contribution is 6.31. The summed E-state index contributed by atoms with van der Waals surface area (Å²) in [4.78, 5) is 10.1. The van der Waals surface area contributed by atoms with Gasteiger partial charge in [-0.2, -0.15) is 0 Å². The second kappa shape index (κ2) is 13.1. The number of fused-ring (bicyclic) bond motifs is 2. The first-order chi connectivity index (χ1) is 18.6. The standard InChI is InChI=1S/C22H24ClFO7.C5H9NO2.H2O/c1-2-29-17-6-3-12(8-16(17)24)7-13-9-14(4-5-15(13)23)22-20(28)18(26)19(27)21(10-25,31-22)11-30-22;7-5(8)4-2-1-3-6-4;/h3-6,8-9,18-20,25-28H,2,7,10-11H2,1H3;4,6H,1-3H2,(H,7,8);1H2/t18-,19-,20+,21+,22+;4-;/m00./s1. The molecule has 222 valence electrons. The Bertz CT molecular complexity index is 1180. The number of benzene rings is 2. The molecule has 11 nitrogen and oxygen atoms in total. The van der Waals surface area contributed by atoms with Gasteiger partial charge in [0.25, 0.3) is 0 Å². The fraction of sp³-hybridized carbons (Fsp3) is 0.519. The number of ether oxygens (including phenoxy) is 3. The molecule has 2 bridgehead atoms. The zero-order valence-corrected chi connectivity index (χ0v) is 22.6. The molecule has 6 atom stereocenters. The molecule has 5 rings (SSSR count). The number of aliphatic hydroxyl groups excluding tert-OH is 4. The van der Waals surface area contributed by atoms with Gasteiger partial charge in [0.1, 0.15) is 30.0 Å². The average molecular weight is 588 g/mol. The fourth-order valence-electron chi connectivity index (χ4n) is 5.04. The number of hydrogen-bond acceptors (Lipinski definition) is 9. The number of aliphatic hydroxyl groups is 4. The maximum Gasteiger partial charge on any atom is 0.320 e. The van der Waals surface area contributed by atoms with E-state index in [1.807, 2.05) is 0 Å². The van der Waals surface area contributed by atoms with Crippen molar-refractivity contribution in [2.45, 2.75) is 61.9 Å². The highest BCUT2D eigenvalue weighted by Crippen LogP contribution is 2.49. The van der Waals surface area contributed by atoms with Crippen molar-refractivity contribution in [1.82, 2.24) is 5.32 Å². The Morgan fingerprint density at radius 3 is 2.52 bits per heavy atom. The van der Waals surface area contributed by atoms with Gasteiger partial charge in [0.2, 0.25) is 5.79 Å². The monoisotopic (exact) mass is 587 g/mol. The third kappa shape index (κ3) is 6.10. The minimum absolute atomic E-state index is 0. The lowest BCUT2D eigenvalue weighted by Gasteiger charge is -2.46. The van der Waals surface area contributed by atoms with Crippen LogP contribution in [-0.4, -0.2) is 93.3 Å². The molecule has 2 aromatic rings. The van der Waals surface area contributed by atoms with Crippen LogP contribution in [0, 0.1) is 5.82 Å². The van der Waals surface area contributed by atoms with Gasteiger partial charge in [-0.3, -0.25) is 4.79 Å². The normalized spacial score (nSPS) is 30.7. The van der Waals surface area contributed by atoms with Gasteiger partial charge in [-0.1, -0.05) is 23.7 Å². The molecule has 13 heteroatoms. The van der Waals surface area contributed by atoms with Crippen LogP contribution in [0.1, 0.15) is 36.5 Å². The van der Waals surface area contributed by atoms with Crippen molar-refractivity contribution in [3.63, 3.8) is 0 Å². The van der Waals surface area contributed by atoms with Crippen molar-refractivity contribution in [3.05, 3.63) is 63.9 Å². The van der Waals surface area contributed by atoms with E-state index in [1.165, 1.54) is 6.07 Å². The minimum atomic E-state index is -1.79. The molecule has 0 unspecified atom stereocenters. The van der Waals surface area contributed by atoms with Gasteiger partial charge in [-0.25, -0.2) is 4.39 Å². The third-order valence-corrected chi connectivity index (χ3v) is 7.59. The first-order valence-corrected chi connectivity index (χ1v) is 13.1. The van der Waals surface area contributed by atoms with E-state index in [0.29, 0.717) is 28.3 Å². The third-order valence-electron chi connectivity index (χ3n) is 7.23. The second-order valence-electron chi connectivity index (χ2n) is 9.83. The molecule has 3 fully saturated rings. The molecule has 3 heterocycles. The molecule has 0 radical (unpaired) electrons. The average Bonchev–Trinajstić information content (AvgIpc) is 3.59. The van der Waals surface area contributed by atoms with Gasteiger partial charge >= 0.3 is 5.97 Å². The molecule has 2 aromatic carbocycles. The highest BCUT2D eigenvalue weighted by Gasteiger charge is 2.67. The Hall–Kier alpha value is -2.39. The maximum atomic E-state index is 14.2. The summed E-state index contributed by atoms with van der Waals surface area (Å²) < 4.78 is 31.0. The summed E-state index contributed by atoms with van der Waals surface area (Å²) in [5.74, 6) is -2.83. The minimum Gasteiger partial charge on any atom is -0.491 e. The van der Waals surface area contributed by atoms with Crippen molar-refractivity contribution < 1.29 is 54.4 Å². The van der Waals surface area contributed by atoms with E-state index >= 15 is 0 Å². The van der Waals surface area contributed by atoms with E-state index in [-0.39, 0.29) is 30.3 Å². The summed E-state index contributed by atoms with van der Waals surface area (Å²) in [6, 6.07) is 9.16. The van der Waals surface area contributed by atoms with Gasteiger partial charge in [0.15, 0.2) is 11.6 Å². The van der Waals surface area contributed by atoms with Gasteiger partial charge < -0.3 is 50.5 Å². The summed E-state index contributed by atoms with van der Waals surface area (Å²) in [5, 5.41) is 52.7. The SMILES string of the molecule is CCOc1ccc(Cc2cc([C@@]34OC[C@@](CO)(O3)[C@@H](O)[C@H](O)[C@H]4O)ccc2Cl)cc1F.O.O=C(O)[C@@H]1CCCN1. The van der Waals surface area contributed by atoms with Crippen molar-refractivity contribution in [3.8, 4) is 5.75 Å². The number of carboxylic acids is 1. The van der Waals surface area contributed by atoms with Gasteiger partial charge in [0, 0.05) is 10.6 Å². The Labute approximate surface area is 235 Å². The molecule has 40 heavy (non-hydrogen) atoms. The largest absolute Gasteiger partial charge is 0.491 e. The van der Waals surface area contributed by atoms with Crippen LogP contribution in [0.25, 0.3) is 0 Å². The number of rotatable bonds is 7. The van der Waals surface area contributed by atoms with Crippen LogP contribution >= 0.6 is 11.6 Å². The van der Waals surface area contributed by atoms with E-state index in [0.717, 1.165) is 19.4 Å². The number of halogens is 2. The molecular formula is C27H35ClFNO10. The molecular weight excluding hydrogens is 553 g/mol. The lowest BCUT2D eigenvalue weighted by atomic mass is 9.83. The number of nitrogens with one attached hydrogen (secondary N) is 1. The van der Waals surface area contributed by atoms with E-state index in [4.69, 9.17) is 30.9 Å². The smallest absolute Gasteiger partial charge is 0.320 e. The van der Waals surface area contributed by atoms with Gasteiger partial charge in [-0.15, -0.1) is 0 Å². The summed E-state index contributed by atoms with van der Waals surface area (Å²) in [6.07, 6.45) is -2.67. The molecule has 0 saturated carbocycles. The second-order valence-corrected chi connectivity index (χ2v) is 10.2. The molecule has 3 aliphatic heterocycles. The van der Waals surface area contributed by atoms with Crippen LogP contribution in [0.2, 0.25) is 5.02 Å². The number of carboxylic acid groups (broad SMARTS) is 1. The molecule has 8 N–H and O–H groups in total. The molecule has 0 spiro atoms.